The summed E-state index contributed by atoms with van der Waals surface area (Å²) in [7, 11) is 1.28. The molecule has 7 heteroatoms. The van der Waals surface area contributed by atoms with Crippen molar-refractivity contribution in [2.45, 2.75) is 5.92 Å². The Bertz CT molecular complexity index is 587. The lowest BCUT2D eigenvalue weighted by Crippen LogP contribution is -2.34. The van der Waals surface area contributed by atoms with Crippen LogP contribution in [0.4, 0.5) is 0 Å². The number of hydrogen-bond donors (Lipinski definition) is 2. The topological polar surface area (TPSA) is 100.0 Å². The minimum absolute atomic E-state index is 0.113. The standard InChI is InChI=1S/C12H11N3O2S2/c1-17-12(16)9-8(7-3-2-4-18-7)6(5-13)10(14)19-11(9)15/h2-4,8-9,15H,14H2,1H3/t8-,9+/m1/s1. The van der Waals surface area contributed by atoms with Gasteiger partial charge in [0.2, 0.25) is 0 Å². The van der Waals surface area contributed by atoms with Crippen molar-refractivity contribution in [2.75, 3.05) is 7.11 Å². The van der Waals surface area contributed by atoms with Crippen LogP contribution in [-0.2, 0) is 9.53 Å². The van der Waals surface area contributed by atoms with E-state index in [0.29, 0.717) is 5.57 Å². The van der Waals surface area contributed by atoms with Crippen LogP contribution in [-0.4, -0.2) is 18.1 Å². The average Bonchev–Trinajstić information content (AvgIpc) is 2.90. The maximum atomic E-state index is 11.9. The predicted molar refractivity (Wildman–Crippen MR) is 74.7 cm³/mol. The molecule has 5 nitrogen and oxygen atoms in total. The summed E-state index contributed by atoms with van der Waals surface area (Å²) in [6.45, 7) is 0. The molecule has 19 heavy (non-hydrogen) atoms. The minimum atomic E-state index is -0.796. The van der Waals surface area contributed by atoms with E-state index in [1.807, 2.05) is 17.5 Å². The summed E-state index contributed by atoms with van der Waals surface area (Å²) in [5.41, 5.74) is 6.14. The van der Waals surface area contributed by atoms with Crippen molar-refractivity contribution >= 4 is 34.1 Å². The van der Waals surface area contributed by atoms with Gasteiger partial charge in [0, 0.05) is 4.88 Å². The molecule has 0 saturated heterocycles. The molecule has 0 amide bonds. The Morgan fingerprint density at radius 2 is 2.37 bits per heavy atom. The monoisotopic (exact) mass is 293 g/mol. The van der Waals surface area contributed by atoms with E-state index in [1.165, 1.54) is 18.4 Å². The third-order valence-electron chi connectivity index (χ3n) is 2.84. The van der Waals surface area contributed by atoms with Crippen LogP contribution in [0.5, 0.6) is 0 Å². The maximum absolute atomic E-state index is 11.9. The van der Waals surface area contributed by atoms with Crippen LogP contribution >= 0.6 is 23.1 Å². The fraction of sp³-hybridized carbons (Fsp3) is 0.250. The van der Waals surface area contributed by atoms with Gasteiger partial charge in [0.25, 0.3) is 0 Å². The second-order valence-corrected chi connectivity index (χ2v) is 5.91. The zero-order valence-corrected chi connectivity index (χ0v) is 11.7. The third-order valence-corrected chi connectivity index (χ3v) is 4.71. The summed E-state index contributed by atoms with van der Waals surface area (Å²) in [6.07, 6.45) is 0. The normalized spacial score (nSPS) is 23.1. The molecule has 0 fully saturated rings. The van der Waals surface area contributed by atoms with Gasteiger partial charge in [-0.05, 0) is 11.4 Å². The number of nitriles is 1. The van der Waals surface area contributed by atoms with Crippen molar-refractivity contribution in [1.29, 1.82) is 10.7 Å². The van der Waals surface area contributed by atoms with Gasteiger partial charge in [-0.25, -0.2) is 0 Å². The van der Waals surface area contributed by atoms with Gasteiger partial charge in [-0.2, -0.15) is 5.26 Å². The highest BCUT2D eigenvalue weighted by molar-refractivity contribution is 8.17. The molecule has 1 aliphatic rings. The first-order valence-corrected chi connectivity index (χ1v) is 7.07. The molecule has 1 aromatic rings. The van der Waals surface area contributed by atoms with Gasteiger partial charge in [-0.3, -0.25) is 10.2 Å². The first-order valence-electron chi connectivity index (χ1n) is 5.37. The number of nitrogens with zero attached hydrogens (tertiary/aromatic N) is 1. The zero-order valence-electron chi connectivity index (χ0n) is 10.0. The third kappa shape index (κ3) is 2.37. The van der Waals surface area contributed by atoms with E-state index < -0.39 is 17.8 Å². The molecule has 1 aliphatic heterocycles. The number of carbonyl (C=O) groups excluding carboxylic acids is 1. The van der Waals surface area contributed by atoms with Gasteiger partial charge in [-0.1, -0.05) is 17.8 Å². The number of carbonyl (C=O) groups is 1. The lowest BCUT2D eigenvalue weighted by atomic mass is 9.85. The maximum Gasteiger partial charge on any atom is 0.316 e. The van der Waals surface area contributed by atoms with Crippen LogP contribution in [0.2, 0.25) is 0 Å². The predicted octanol–water partition coefficient (Wildman–Crippen LogP) is 2.04. The van der Waals surface area contributed by atoms with E-state index in [9.17, 15) is 10.1 Å². The molecule has 3 N–H and O–H groups in total. The Balaban J connectivity index is 2.57. The molecule has 0 unspecified atom stereocenters. The molecule has 0 aliphatic carbocycles. The number of nitrogens with one attached hydrogen (secondary N) is 1. The molecule has 2 heterocycles. The molecule has 2 atom stereocenters. The molecular weight excluding hydrogens is 282 g/mol. The first-order chi connectivity index (χ1) is 9.10. The van der Waals surface area contributed by atoms with Gasteiger partial charge in [0.05, 0.1) is 34.7 Å². The fourth-order valence-electron chi connectivity index (χ4n) is 1.98. The van der Waals surface area contributed by atoms with E-state index in [-0.39, 0.29) is 10.1 Å². The minimum Gasteiger partial charge on any atom is -0.468 e. The summed E-state index contributed by atoms with van der Waals surface area (Å²) in [5.74, 6) is -1.84. The van der Waals surface area contributed by atoms with Crippen molar-refractivity contribution in [1.82, 2.24) is 0 Å². The number of rotatable bonds is 2. The van der Waals surface area contributed by atoms with E-state index in [4.69, 9.17) is 15.9 Å². The van der Waals surface area contributed by atoms with E-state index in [2.05, 4.69) is 6.07 Å². The Kier molecular flexibility index (Phi) is 3.93. The van der Waals surface area contributed by atoms with Gasteiger partial charge in [-0.15, -0.1) is 11.3 Å². The number of hydrogen-bond acceptors (Lipinski definition) is 7. The smallest absolute Gasteiger partial charge is 0.316 e. The summed E-state index contributed by atoms with van der Waals surface area (Å²) < 4.78 is 4.76. The fourth-order valence-corrected chi connectivity index (χ4v) is 3.73. The molecule has 98 valence electrons. The number of allylic oxidation sites excluding steroid dienone is 1. The van der Waals surface area contributed by atoms with Crippen LogP contribution in [0.25, 0.3) is 0 Å². The lowest BCUT2D eigenvalue weighted by Gasteiger charge is -2.29. The molecule has 2 rings (SSSR count). The van der Waals surface area contributed by atoms with E-state index in [0.717, 1.165) is 16.6 Å². The summed E-state index contributed by atoms with van der Waals surface area (Å²) in [5, 5.41) is 19.5. The van der Waals surface area contributed by atoms with E-state index >= 15 is 0 Å². The zero-order chi connectivity index (χ0) is 14.0. The molecule has 0 spiro atoms. The molecule has 1 aromatic heterocycles. The highest BCUT2D eigenvalue weighted by Gasteiger charge is 2.42. The van der Waals surface area contributed by atoms with Crippen molar-refractivity contribution < 1.29 is 9.53 Å². The number of nitrogens with two attached hydrogens (primary N) is 1. The summed E-state index contributed by atoms with van der Waals surface area (Å²) in [6, 6.07) is 5.73. The molecular formula is C12H11N3O2S2. The lowest BCUT2D eigenvalue weighted by molar-refractivity contribution is -0.143. The van der Waals surface area contributed by atoms with Crippen LogP contribution in [0.1, 0.15) is 10.8 Å². The number of ether oxygens (including phenoxy) is 1. The number of thioether (sulfide) groups is 1. The molecule has 0 bridgehead atoms. The van der Waals surface area contributed by atoms with Gasteiger partial charge >= 0.3 is 5.97 Å². The van der Waals surface area contributed by atoms with Crippen LogP contribution in [0, 0.1) is 22.7 Å². The second kappa shape index (κ2) is 5.47. The van der Waals surface area contributed by atoms with Crippen LogP contribution < -0.4 is 5.73 Å². The van der Waals surface area contributed by atoms with Crippen molar-refractivity contribution in [3.63, 3.8) is 0 Å². The van der Waals surface area contributed by atoms with Crippen molar-refractivity contribution in [3.05, 3.63) is 33.0 Å². The molecule has 0 saturated carbocycles. The number of thiophene rings is 1. The highest BCUT2D eigenvalue weighted by atomic mass is 32.2. The molecule has 0 aromatic carbocycles. The quantitative estimate of drug-likeness (QED) is 0.813. The Morgan fingerprint density at radius 1 is 1.63 bits per heavy atom. The van der Waals surface area contributed by atoms with Gasteiger partial charge in [0.15, 0.2) is 0 Å². The Hall–Kier alpha value is -1.78. The Morgan fingerprint density at radius 3 is 2.89 bits per heavy atom. The van der Waals surface area contributed by atoms with Crippen molar-refractivity contribution in [2.24, 2.45) is 11.7 Å². The number of methoxy groups -OCH3 is 1. The molecule has 0 radical (unpaired) electrons. The van der Waals surface area contributed by atoms with Gasteiger partial charge < -0.3 is 10.5 Å². The first kappa shape index (κ1) is 13.6. The average molecular weight is 293 g/mol. The largest absolute Gasteiger partial charge is 0.468 e. The number of esters is 1. The SMILES string of the molecule is COC(=O)[C@@H]1C(=N)SC(N)=C(C#N)[C@@H]1c1cccs1. The Labute approximate surface area is 118 Å². The van der Waals surface area contributed by atoms with Crippen LogP contribution in [0.3, 0.4) is 0 Å². The second-order valence-electron chi connectivity index (χ2n) is 3.85. The van der Waals surface area contributed by atoms with Gasteiger partial charge in [0.1, 0.15) is 5.92 Å². The van der Waals surface area contributed by atoms with Crippen LogP contribution in [0.15, 0.2) is 28.1 Å². The van der Waals surface area contributed by atoms with Crippen molar-refractivity contribution in [3.8, 4) is 6.07 Å². The van der Waals surface area contributed by atoms with E-state index in [1.54, 1.807) is 0 Å². The summed E-state index contributed by atoms with van der Waals surface area (Å²) >= 11 is 2.38. The summed E-state index contributed by atoms with van der Waals surface area (Å²) in [4.78, 5) is 12.7. The highest BCUT2D eigenvalue weighted by Crippen LogP contribution is 2.44.